The highest BCUT2D eigenvalue weighted by molar-refractivity contribution is 5.84. The van der Waals surface area contributed by atoms with Gasteiger partial charge in [0.05, 0.1) is 0 Å². The number of fused-ring (bicyclic) bond motifs is 5. The molecule has 2 heteroatoms. The van der Waals surface area contributed by atoms with E-state index in [1.807, 2.05) is 42.6 Å². The van der Waals surface area contributed by atoms with Gasteiger partial charge in [0.15, 0.2) is 5.60 Å². The summed E-state index contributed by atoms with van der Waals surface area (Å²) in [4.78, 5) is 4.85. The molecule has 5 rings (SSSR count). The van der Waals surface area contributed by atoms with Gasteiger partial charge in [0.2, 0.25) is 5.72 Å². The molecular weight excluding hydrogens is 282 g/mol. The van der Waals surface area contributed by atoms with Crippen molar-refractivity contribution in [3.05, 3.63) is 107 Å². The Hall–Kier alpha value is -2.71. The average molecular weight is 297 g/mol. The number of aliphatic imine (C=N–C) groups is 1. The van der Waals surface area contributed by atoms with Crippen molar-refractivity contribution in [2.45, 2.75) is 11.3 Å². The molecule has 0 amide bonds. The van der Waals surface area contributed by atoms with Crippen LogP contribution in [0.1, 0.15) is 22.3 Å². The monoisotopic (exact) mass is 297 g/mol. The van der Waals surface area contributed by atoms with Crippen LogP contribution in [0, 0.1) is 0 Å². The fourth-order valence-corrected chi connectivity index (χ4v) is 3.75. The van der Waals surface area contributed by atoms with Crippen LogP contribution < -0.4 is 0 Å². The number of benzene rings is 3. The maximum atomic E-state index is 6.67. The SMILES string of the molecule is C1=NC2(c3ccccc3)OC1(c1ccccc1)c1ccccc12. The Morgan fingerprint density at radius 1 is 0.609 bits per heavy atom. The Kier molecular flexibility index (Phi) is 2.45. The summed E-state index contributed by atoms with van der Waals surface area (Å²) in [7, 11) is 0. The fraction of sp³-hybridized carbons (Fsp3) is 0.0952. The first-order chi connectivity index (χ1) is 11.4. The van der Waals surface area contributed by atoms with Gasteiger partial charge in [-0.05, 0) is 5.56 Å². The van der Waals surface area contributed by atoms with E-state index in [4.69, 9.17) is 9.73 Å². The predicted molar refractivity (Wildman–Crippen MR) is 90.5 cm³/mol. The molecule has 2 atom stereocenters. The molecule has 23 heavy (non-hydrogen) atoms. The highest BCUT2D eigenvalue weighted by Crippen LogP contribution is 2.57. The first-order valence-corrected chi connectivity index (χ1v) is 7.83. The summed E-state index contributed by atoms with van der Waals surface area (Å²) >= 11 is 0. The van der Waals surface area contributed by atoms with Crippen LogP contribution in [0.15, 0.2) is 89.9 Å². The molecule has 0 radical (unpaired) electrons. The van der Waals surface area contributed by atoms with E-state index in [1.165, 1.54) is 5.56 Å². The molecule has 2 aliphatic heterocycles. The van der Waals surface area contributed by atoms with Gasteiger partial charge in [0.1, 0.15) is 0 Å². The molecule has 3 aromatic carbocycles. The lowest BCUT2D eigenvalue weighted by Gasteiger charge is -2.24. The Labute approximate surface area is 135 Å². The molecule has 2 unspecified atom stereocenters. The van der Waals surface area contributed by atoms with Crippen molar-refractivity contribution < 1.29 is 4.74 Å². The van der Waals surface area contributed by atoms with Crippen LogP contribution in [0.2, 0.25) is 0 Å². The van der Waals surface area contributed by atoms with Crippen LogP contribution in [-0.2, 0) is 16.1 Å². The number of hydrogen-bond donors (Lipinski definition) is 0. The lowest BCUT2D eigenvalue weighted by Crippen LogP contribution is -2.27. The minimum atomic E-state index is -0.728. The summed E-state index contributed by atoms with van der Waals surface area (Å²) in [6.07, 6.45) is 1.97. The second kappa shape index (κ2) is 4.40. The molecule has 0 N–H and O–H groups in total. The largest absolute Gasteiger partial charge is 0.324 e. The third kappa shape index (κ3) is 1.54. The van der Waals surface area contributed by atoms with E-state index in [0.717, 1.165) is 16.7 Å². The van der Waals surface area contributed by atoms with Crippen molar-refractivity contribution in [3.63, 3.8) is 0 Å². The summed E-state index contributed by atoms with van der Waals surface area (Å²) in [5.74, 6) is 0. The highest BCUT2D eigenvalue weighted by atomic mass is 16.6. The van der Waals surface area contributed by atoms with Crippen molar-refractivity contribution in [1.29, 1.82) is 0 Å². The standard InChI is InChI=1S/C21H15NO/c1-3-9-16(10-4-1)20-15-22-21(23-20,17-11-5-2-6-12-17)19-14-8-7-13-18(19)20/h1-15H. The number of ether oxygens (including phenoxy) is 1. The molecule has 0 aliphatic carbocycles. The van der Waals surface area contributed by atoms with Crippen molar-refractivity contribution in [3.8, 4) is 0 Å². The van der Waals surface area contributed by atoms with Crippen LogP contribution >= 0.6 is 0 Å². The van der Waals surface area contributed by atoms with E-state index in [9.17, 15) is 0 Å². The molecule has 0 aromatic heterocycles. The van der Waals surface area contributed by atoms with Crippen LogP contribution in [0.25, 0.3) is 0 Å². The van der Waals surface area contributed by atoms with Crippen LogP contribution in [0.3, 0.4) is 0 Å². The van der Waals surface area contributed by atoms with E-state index in [-0.39, 0.29) is 0 Å². The van der Waals surface area contributed by atoms with E-state index < -0.39 is 11.3 Å². The number of nitrogens with zero attached hydrogens (tertiary/aromatic N) is 1. The molecular formula is C21H15NO. The van der Waals surface area contributed by atoms with E-state index >= 15 is 0 Å². The zero-order valence-electron chi connectivity index (χ0n) is 12.5. The minimum absolute atomic E-state index is 0.590. The fourth-order valence-electron chi connectivity index (χ4n) is 3.75. The van der Waals surface area contributed by atoms with Gasteiger partial charge >= 0.3 is 0 Å². The lowest BCUT2D eigenvalue weighted by molar-refractivity contribution is -0.0336. The molecule has 110 valence electrons. The summed E-state index contributed by atoms with van der Waals surface area (Å²) in [5.41, 5.74) is 3.19. The quantitative estimate of drug-likeness (QED) is 0.693. The minimum Gasteiger partial charge on any atom is -0.324 e. The van der Waals surface area contributed by atoms with Gasteiger partial charge in [-0.15, -0.1) is 0 Å². The summed E-state index contributed by atoms with van der Waals surface area (Å²) in [5, 5.41) is 0. The molecule has 2 bridgehead atoms. The molecule has 2 aliphatic rings. The zero-order valence-corrected chi connectivity index (χ0v) is 12.5. The van der Waals surface area contributed by atoms with E-state index in [2.05, 4.69) is 48.5 Å². The summed E-state index contributed by atoms with van der Waals surface area (Å²) in [6.45, 7) is 0. The zero-order chi connectivity index (χ0) is 15.3. The van der Waals surface area contributed by atoms with Crippen molar-refractivity contribution in [2.24, 2.45) is 4.99 Å². The number of hydrogen-bond acceptors (Lipinski definition) is 2. The van der Waals surface area contributed by atoms with Crippen molar-refractivity contribution >= 4 is 6.21 Å². The van der Waals surface area contributed by atoms with E-state index in [1.54, 1.807) is 0 Å². The maximum absolute atomic E-state index is 6.67. The van der Waals surface area contributed by atoms with Crippen molar-refractivity contribution in [1.82, 2.24) is 0 Å². The van der Waals surface area contributed by atoms with Gasteiger partial charge in [-0.1, -0.05) is 84.9 Å². The topological polar surface area (TPSA) is 21.6 Å². The van der Waals surface area contributed by atoms with Crippen LogP contribution in [0.4, 0.5) is 0 Å². The van der Waals surface area contributed by atoms with Gasteiger partial charge in [-0.25, -0.2) is 0 Å². The normalized spacial score (nSPS) is 27.1. The molecule has 0 saturated carbocycles. The first kappa shape index (κ1) is 12.8. The molecule has 3 aromatic rings. The molecule has 0 fully saturated rings. The van der Waals surface area contributed by atoms with Crippen LogP contribution in [0.5, 0.6) is 0 Å². The van der Waals surface area contributed by atoms with Gasteiger partial charge in [0, 0.05) is 22.9 Å². The van der Waals surface area contributed by atoms with Gasteiger partial charge < -0.3 is 4.74 Å². The number of rotatable bonds is 2. The molecule has 0 spiro atoms. The first-order valence-electron chi connectivity index (χ1n) is 7.83. The van der Waals surface area contributed by atoms with Gasteiger partial charge in [0.25, 0.3) is 0 Å². The molecule has 0 saturated heterocycles. The third-order valence-electron chi connectivity index (χ3n) is 4.80. The average Bonchev–Trinajstić information content (AvgIpc) is 3.19. The predicted octanol–water partition coefficient (Wildman–Crippen LogP) is 4.25. The summed E-state index contributed by atoms with van der Waals surface area (Å²) < 4.78 is 6.67. The highest BCUT2D eigenvalue weighted by Gasteiger charge is 2.58. The summed E-state index contributed by atoms with van der Waals surface area (Å²) in [6, 6.07) is 29.0. The Bertz CT molecular complexity index is 829. The second-order valence-corrected chi connectivity index (χ2v) is 6.02. The second-order valence-electron chi connectivity index (χ2n) is 6.02. The Morgan fingerprint density at radius 3 is 1.87 bits per heavy atom. The third-order valence-corrected chi connectivity index (χ3v) is 4.80. The Morgan fingerprint density at radius 2 is 1.17 bits per heavy atom. The van der Waals surface area contributed by atoms with Gasteiger partial charge in [-0.3, -0.25) is 4.99 Å². The molecule has 2 nitrogen and oxygen atoms in total. The van der Waals surface area contributed by atoms with Gasteiger partial charge in [-0.2, -0.15) is 0 Å². The van der Waals surface area contributed by atoms with Crippen LogP contribution in [-0.4, -0.2) is 6.21 Å². The smallest absolute Gasteiger partial charge is 0.213 e. The Balaban J connectivity index is 1.80. The van der Waals surface area contributed by atoms with Crippen molar-refractivity contribution in [2.75, 3.05) is 0 Å². The van der Waals surface area contributed by atoms with E-state index in [0.29, 0.717) is 0 Å². The molecule has 2 heterocycles. The lowest BCUT2D eigenvalue weighted by atomic mass is 9.82. The maximum Gasteiger partial charge on any atom is 0.213 e.